The molecule has 0 bridgehead atoms. The molecule has 0 unspecified atom stereocenters. The summed E-state index contributed by atoms with van der Waals surface area (Å²) in [6.45, 7) is 0. The molecule has 5 nitrogen and oxygen atoms in total. The lowest BCUT2D eigenvalue weighted by Crippen LogP contribution is -2.20. The fourth-order valence-corrected chi connectivity index (χ4v) is 9.31. The molecule has 0 fully saturated rings. The van der Waals surface area contributed by atoms with E-state index in [1.807, 2.05) is 41.0 Å². The summed E-state index contributed by atoms with van der Waals surface area (Å²) in [5, 5.41) is 31.6. The molecule has 12 aromatic rings. The third kappa shape index (κ3) is 3.55. The Kier molecular flexibility index (Phi) is 5.47. The molecule has 2 N–H and O–H groups in total. The molecule has 0 saturated heterocycles. The number of para-hydroxylation sites is 4. The molecule has 8 aromatic carbocycles. The van der Waals surface area contributed by atoms with Crippen molar-refractivity contribution < 1.29 is 0 Å². The van der Waals surface area contributed by atoms with Crippen LogP contribution in [0.15, 0.2) is 164 Å². The van der Waals surface area contributed by atoms with Gasteiger partial charge in [0.15, 0.2) is 0 Å². The van der Waals surface area contributed by atoms with Crippen molar-refractivity contribution in [2.24, 2.45) is 0 Å². The molecule has 4 aromatic heterocycles. The molecule has 0 radical (unpaired) electrons. The lowest BCUT2D eigenvalue weighted by atomic mass is 10.0. The van der Waals surface area contributed by atoms with Crippen molar-refractivity contribution >= 4 is 104 Å². The molecule has 0 spiro atoms. The number of aromatic nitrogens is 3. The molecule has 246 valence electrons. The van der Waals surface area contributed by atoms with Crippen molar-refractivity contribution in [1.82, 2.24) is 13.5 Å². The number of hydrogen-bond donors (Lipinski definition) is 2. The second-order valence-electron chi connectivity index (χ2n) is 14.0. The van der Waals surface area contributed by atoms with Crippen LogP contribution < -0.4 is 0 Å². The van der Waals surface area contributed by atoms with Gasteiger partial charge in [-0.3, -0.25) is 20.0 Å². The molecule has 4 heterocycles. The van der Waals surface area contributed by atoms with Crippen molar-refractivity contribution in [1.29, 1.82) is 10.8 Å². The number of nitrogens with zero attached hydrogens (tertiary/aromatic N) is 3. The average molecular weight is 676 g/mol. The van der Waals surface area contributed by atoms with Gasteiger partial charge in [0.2, 0.25) is 0 Å². The van der Waals surface area contributed by atoms with Gasteiger partial charge < -0.3 is 4.40 Å². The van der Waals surface area contributed by atoms with Crippen molar-refractivity contribution in [3.05, 3.63) is 175 Å². The fourth-order valence-electron chi connectivity index (χ4n) is 9.31. The highest BCUT2D eigenvalue weighted by Gasteiger charge is 2.27. The predicted molar refractivity (Wildman–Crippen MR) is 222 cm³/mol. The van der Waals surface area contributed by atoms with Gasteiger partial charge in [0.05, 0.1) is 38.6 Å². The third-order valence-electron chi connectivity index (χ3n) is 11.5. The summed E-state index contributed by atoms with van der Waals surface area (Å²) in [7, 11) is 0. The summed E-state index contributed by atoms with van der Waals surface area (Å²) in [6.07, 6.45) is 0. The number of rotatable bonds is 2. The van der Waals surface area contributed by atoms with E-state index in [1.165, 1.54) is 38.1 Å². The first kappa shape index (κ1) is 28.5. The topological polar surface area (TPSA) is 62.0 Å². The zero-order valence-corrected chi connectivity index (χ0v) is 28.4. The molecule has 0 aliphatic carbocycles. The van der Waals surface area contributed by atoms with Gasteiger partial charge in [0.25, 0.3) is 0 Å². The van der Waals surface area contributed by atoms with E-state index in [4.69, 9.17) is 0 Å². The molecule has 0 aliphatic rings. The van der Waals surface area contributed by atoms with Crippen LogP contribution in [-0.2, 0) is 0 Å². The van der Waals surface area contributed by atoms with E-state index < -0.39 is 0 Å². The van der Waals surface area contributed by atoms with Gasteiger partial charge in [-0.05, 0) is 35.7 Å². The summed E-state index contributed by atoms with van der Waals surface area (Å²) in [4.78, 5) is 0. The van der Waals surface area contributed by atoms with Crippen LogP contribution in [-0.4, -0.2) is 25.2 Å². The first-order valence-corrected chi connectivity index (χ1v) is 18.0. The molecular formula is C48H29N5. The van der Waals surface area contributed by atoms with E-state index in [1.54, 1.807) is 0 Å². The van der Waals surface area contributed by atoms with Crippen LogP contribution in [0.25, 0.3) is 92.5 Å². The summed E-state index contributed by atoms with van der Waals surface area (Å²) >= 11 is 0. The zero-order valence-electron chi connectivity index (χ0n) is 28.4. The molecule has 53 heavy (non-hydrogen) atoms. The Labute approximate surface area is 302 Å². The molecule has 0 amide bonds. The first-order valence-electron chi connectivity index (χ1n) is 18.0. The van der Waals surface area contributed by atoms with Crippen LogP contribution in [0.5, 0.6) is 0 Å². The Morgan fingerprint density at radius 3 is 1.49 bits per heavy atom. The van der Waals surface area contributed by atoms with E-state index in [-0.39, 0.29) is 0 Å². The minimum absolute atomic E-state index is 0.337. The minimum atomic E-state index is 0.337. The largest absolute Gasteiger partial charge is 0.308 e. The Morgan fingerprint density at radius 2 is 0.830 bits per heavy atom. The quantitative estimate of drug-likeness (QED) is 0.135. The highest BCUT2D eigenvalue weighted by atomic mass is 15.1. The first-order chi connectivity index (χ1) is 26.2. The Morgan fingerprint density at radius 1 is 0.340 bits per heavy atom. The Hall–Kier alpha value is -7.24. The van der Waals surface area contributed by atoms with Gasteiger partial charge in [-0.1, -0.05) is 133 Å². The number of hydrogen-bond acceptors (Lipinski definition) is 2. The molecule has 0 aliphatic heterocycles. The minimum Gasteiger partial charge on any atom is -0.308 e. The SMILES string of the molecule is N=C(c1ccccc1C(=N)n1c2cc3c4ccccc4n4c5ccccc5c(c2c2ccc5ccccc5c21)c34)n1c2ccccc2c2ccccc21. The fraction of sp³-hybridized carbons (Fsp3) is 0. The summed E-state index contributed by atoms with van der Waals surface area (Å²) < 4.78 is 6.62. The van der Waals surface area contributed by atoms with Crippen molar-refractivity contribution in [2.45, 2.75) is 0 Å². The lowest BCUT2D eigenvalue weighted by molar-refractivity contribution is 1.20. The van der Waals surface area contributed by atoms with Gasteiger partial charge in [-0.15, -0.1) is 0 Å². The van der Waals surface area contributed by atoms with E-state index in [9.17, 15) is 10.8 Å². The standard InChI is InChI=1S/C48H29N5/c49-47(52-39-22-10-5-15-30(39)31-16-6-11-23-40(31)52)33-18-3-4-19-34(33)48(50)53-42-27-37-32-17-7-9-21-38(32)51-41-24-12-8-20-35(41)44(46(37)51)43(42)36-26-25-28-13-1-2-14-29(28)45(36)53/h1-27,49-50H. The zero-order chi connectivity index (χ0) is 34.9. The third-order valence-corrected chi connectivity index (χ3v) is 11.5. The molecular weight excluding hydrogens is 647 g/mol. The van der Waals surface area contributed by atoms with Gasteiger partial charge in [-0.25, -0.2) is 0 Å². The normalized spacial score (nSPS) is 12.3. The van der Waals surface area contributed by atoms with Gasteiger partial charge in [0, 0.05) is 59.6 Å². The number of nitrogens with one attached hydrogen (secondary N) is 2. The second kappa shape index (κ2) is 10.2. The van der Waals surface area contributed by atoms with Crippen LogP contribution in [0, 0.1) is 10.8 Å². The van der Waals surface area contributed by atoms with Crippen LogP contribution in [0.1, 0.15) is 11.1 Å². The highest BCUT2D eigenvalue weighted by molar-refractivity contribution is 6.38. The molecule has 12 rings (SSSR count). The lowest BCUT2D eigenvalue weighted by Gasteiger charge is -2.17. The maximum absolute atomic E-state index is 10.3. The van der Waals surface area contributed by atoms with E-state index in [0.29, 0.717) is 22.8 Å². The highest BCUT2D eigenvalue weighted by Crippen LogP contribution is 2.47. The second-order valence-corrected chi connectivity index (χ2v) is 14.0. The average Bonchev–Trinajstić information content (AvgIpc) is 3.94. The summed E-state index contributed by atoms with van der Waals surface area (Å²) in [6, 6.07) is 57.2. The van der Waals surface area contributed by atoms with Crippen LogP contribution in [0.4, 0.5) is 0 Å². The van der Waals surface area contributed by atoms with Gasteiger partial charge >= 0.3 is 0 Å². The maximum Gasteiger partial charge on any atom is 0.138 e. The van der Waals surface area contributed by atoms with Crippen molar-refractivity contribution in [3.8, 4) is 0 Å². The van der Waals surface area contributed by atoms with E-state index in [0.717, 1.165) is 54.4 Å². The van der Waals surface area contributed by atoms with Gasteiger partial charge in [-0.2, -0.15) is 0 Å². The summed E-state index contributed by atoms with van der Waals surface area (Å²) in [5.41, 5.74) is 8.92. The summed E-state index contributed by atoms with van der Waals surface area (Å²) in [5.74, 6) is 0.676. The molecule has 0 saturated carbocycles. The molecule has 5 heteroatoms. The smallest absolute Gasteiger partial charge is 0.138 e. The van der Waals surface area contributed by atoms with Crippen LogP contribution in [0.2, 0.25) is 0 Å². The Balaban J connectivity index is 1.22. The van der Waals surface area contributed by atoms with Crippen LogP contribution in [0.3, 0.4) is 0 Å². The van der Waals surface area contributed by atoms with E-state index >= 15 is 0 Å². The monoisotopic (exact) mass is 675 g/mol. The van der Waals surface area contributed by atoms with Crippen molar-refractivity contribution in [3.63, 3.8) is 0 Å². The van der Waals surface area contributed by atoms with E-state index in [2.05, 4.69) is 136 Å². The van der Waals surface area contributed by atoms with Crippen LogP contribution >= 0.6 is 0 Å². The number of fused-ring (bicyclic) bond motifs is 15. The molecule has 0 atom stereocenters. The van der Waals surface area contributed by atoms with Gasteiger partial charge in [0.1, 0.15) is 11.7 Å². The maximum atomic E-state index is 10.3. The Bertz CT molecular complexity index is 3500. The number of benzene rings is 8. The van der Waals surface area contributed by atoms with Crippen molar-refractivity contribution in [2.75, 3.05) is 0 Å². The predicted octanol–water partition coefficient (Wildman–Crippen LogP) is 12.0.